The maximum atomic E-state index is 13.1. The smallest absolute Gasteiger partial charge is 0.307 e. The molecule has 0 bridgehead atoms. The summed E-state index contributed by atoms with van der Waals surface area (Å²) < 4.78 is 17.8. The topological polar surface area (TPSA) is 91.7 Å². The predicted octanol–water partition coefficient (Wildman–Crippen LogP) is 3.93. The van der Waals surface area contributed by atoms with Crippen molar-refractivity contribution in [3.05, 3.63) is 30.0 Å². The van der Waals surface area contributed by atoms with Gasteiger partial charge < -0.3 is 19.5 Å². The van der Waals surface area contributed by atoms with Crippen molar-refractivity contribution < 1.29 is 23.8 Å². The van der Waals surface area contributed by atoms with E-state index in [1.54, 1.807) is 20.3 Å². The number of rotatable bonds is 11. The van der Waals surface area contributed by atoms with Crippen LogP contribution in [0.25, 0.3) is 11.3 Å². The van der Waals surface area contributed by atoms with Crippen molar-refractivity contribution in [2.24, 2.45) is 11.8 Å². The van der Waals surface area contributed by atoms with Crippen molar-refractivity contribution in [1.29, 1.82) is 0 Å². The quantitative estimate of drug-likeness (QED) is 0.527. The van der Waals surface area contributed by atoms with E-state index in [0.717, 1.165) is 17.7 Å². The van der Waals surface area contributed by atoms with Gasteiger partial charge in [0.05, 0.1) is 39.0 Å². The van der Waals surface area contributed by atoms with Crippen LogP contribution in [0.2, 0.25) is 0 Å². The van der Waals surface area contributed by atoms with Crippen molar-refractivity contribution in [3.8, 4) is 22.8 Å². The molecule has 2 unspecified atom stereocenters. The Hall–Kier alpha value is -3.03. The van der Waals surface area contributed by atoms with E-state index >= 15 is 0 Å². The number of nitrogens with zero attached hydrogens (tertiary/aromatic N) is 2. The van der Waals surface area contributed by atoms with E-state index in [2.05, 4.69) is 24.3 Å². The Bertz CT molecular complexity index is 900. The Kier molecular flexibility index (Phi) is 9.11. The number of carbonyl (C=O) groups excluding carboxylic acids is 2. The molecule has 0 aliphatic heterocycles. The Balaban J connectivity index is 2.49. The van der Waals surface area contributed by atoms with Crippen LogP contribution in [-0.4, -0.2) is 49.0 Å². The van der Waals surface area contributed by atoms with E-state index in [-0.39, 0.29) is 36.0 Å². The lowest BCUT2D eigenvalue weighted by molar-refractivity contribution is -0.141. The average Bonchev–Trinajstić information content (AvgIpc) is 3.20. The lowest BCUT2D eigenvalue weighted by Crippen LogP contribution is -2.40. The van der Waals surface area contributed by atoms with Crippen LogP contribution in [0.1, 0.15) is 51.0 Å². The van der Waals surface area contributed by atoms with Gasteiger partial charge in [0.1, 0.15) is 11.5 Å². The highest BCUT2D eigenvalue weighted by molar-refractivity contribution is 5.94. The van der Waals surface area contributed by atoms with Gasteiger partial charge >= 0.3 is 5.97 Å². The van der Waals surface area contributed by atoms with Crippen molar-refractivity contribution in [2.45, 2.75) is 53.1 Å². The van der Waals surface area contributed by atoms with Crippen molar-refractivity contribution in [1.82, 2.24) is 15.1 Å². The number of hydrogen-bond acceptors (Lipinski definition) is 6. The van der Waals surface area contributed by atoms with Gasteiger partial charge in [-0.05, 0) is 30.0 Å². The number of aromatic nitrogens is 2. The number of nitrogens with one attached hydrogen (secondary N) is 1. The lowest BCUT2D eigenvalue weighted by atomic mass is 10.0. The monoisotopic (exact) mass is 445 g/mol. The Morgan fingerprint density at radius 3 is 2.22 bits per heavy atom. The molecule has 2 rings (SSSR count). The number of hydrogen-bond donors (Lipinski definition) is 1. The van der Waals surface area contributed by atoms with Crippen molar-refractivity contribution >= 4 is 11.9 Å². The molecule has 1 N–H and O–H groups in total. The molecule has 8 heteroatoms. The highest BCUT2D eigenvalue weighted by Crippen LogP contribution is 2.39. The third-order valence-corrected chi connectivity index (χ3v) is 5.61. The van der Waals surface area contributed by atoms with E-state index in [0.29, 0.717) is 24.0 Å². The fraction of sp³-hybridized carbons (Fsp3) is 0.542. The predicted molar refractivity (Wildman–Crippen MR) is 123 cm³/mol. The summed E-state index contributed by atoms with van der Waals surface area (Å²) in [6.45, 7) is 8.78. The third kappa shape index (κ3) is 6.02. The first kappa shape index (κ1) is 25.2. The first-order chi connectivity index (χ1) is 15.2. The highest BCUT2D eigenvalue weighted by atomic mass is 16.5. The van der Waals surface area contributed by atoms with E-state index in [4.69, 9.17) is 14.2 Å². The molecule has 32 heavy (non-hydrogen) atoms. The second-order valence-corrected chi connectivity index (χ2v) is 8.25. The molecule has 0 fully saturated rings. The van der Waals surface area contributed by atoms with Crippen LogP contribution in [0.15, 0.2) is 24.3 Å². The first-order valence-electron chi connectivity index (χ1n) is 10.9. The highest BCUT2D eigenvalue weighted by Gasteiger charge is 2.25. The standard InChI is InChI=1S/C24H35N3O5/c1-8-16(4)14-27-19(23-20(30-5)10-9-11-21(23)31-6)12-18(26-27)24(29)25-17(15(2)3)13-22(28)32-7/h9-12,15-17H,8,13-14H2,1-7H3,(H,25,29). The Morgan fingerprint density at radius 2 is 1.72 bits per heavy atom. The molecule has 0 aliphatic rings. The summed E-state index contributed by atoms with van der Waals surface area (Å²) in [5.74, 6) is 0.957. The number of benzene rings is 1. The molecule has 0 aliphatic carbocycles. The number of carbonyl (C=O) groups is 2. The molecule has 8 nitrogen and oxygen atoms in total. The summed E-state index contributed by atoms with van der Waals surface area (Å²) in [6.07, 6.45) is 1.07. The van der Waals surface area contributed by atoms with Gasteiger partial charge in [0.15, 0.2) is 5.69 Å². The van der Waals surface area contributed by atoms with E-state index in [9.17, 15) is 9.59 Å². The van der Waals surface area contributed by atoms with E-state index < -0.39 is 0 Å². The SMILES string of the molecule is CCC(C)Cn1nc(C(=O)NC(CC(=O)OC)C(C)C)cc1-c1c(OC)cccc1OC. The molecule has 1 amide bonds. The van der Waals surface area contributed by atoms with Crippen LogP contribution in [0.5, 0.6) is 11.5 Å². The van der Waals surface area contributed by atoms with Crippen molar-refractivity contribution in [3.63, 3.8) is 0 Å². The molecule has 2 atom stereocenters. The summed E-state index contributed by atoms with van der Waals surface area (Å²) in [7, 11) is 4.54. The summed E-state index contributed by atoms with van der Waals surface area (Å²) >= 11 is 0. The molecule has 176 valence electrons. The fourth-order valence-electron chi connectivity index (χ4n) is 3.35. The van der Waals surface area contributed by atoms with Gasteiger partial charge in [-0.3, -0.25) is 14.3 Å². The van der Waals surface area contributed by atoms with Crippen LogP contribution in [-0.2, 0) is 16.1 Å². The normalized spacial score (nSPS) is 12.9. The zero-order chi connectivity index (χ0) is 23.8. The average molecular weight is 446 g/mol. The van der Waals surface area contributed by atoms with Crippen LogP contribution >= 0.6 is 0 Å². The number of ether oxygens (including phenoxy) is 3. The minimum atomic E-state index is -0.370. The summed E-state index contributed by atoms with van der Waals surface area (Å²) in [5, 5.41) is 7.55. The first-order valence-corrected chi connectivity index (χ1v) is 10.9. The molecule has 1 aromatic carbocycles. The van der Waals surface area contributed by atoms with Crippen LogP contribution in [0.4, 0.5) is 0 Å². The zero-order valence-corrected chi connectivity index (χ0v) is 20.1. The Labute approximate surface area is 190 Å². The second kappa shape index (κ2) is 11.5. The van der Waals surface area contributed by atoms with Gasteiger partial charge in [0.2, 0.25) is 0 Å². The summed E-state index contributed by atoms with van der Waals surface area (Å²) in [6, 6.07) is 6.93. The van der Waals surface area contributed by atoms with Gasteiger partial charge in [-0.2, -0.15) is 5.10 Å². The fourth-order valence-corrected chi connectivity index (χ4v) is 3.35. The van der Waals surface area contributed by atoms with Gasteiger partial charge in [0.25, 0.3) is 5.91 Å². The van der Waals surface area contributed by atoms with Gasteiger partial charge in [0, 0.05) is 12.6 Å². The maximum Gasteiger partial charge on any atom is 0.307 e. The van der Waals surface area contributed by atoms with Gasteiger partial charge in [-0.15, -0.1) is 0 Å². The number of esters is 1. The van der Waals surface area contributed by atoms with Crippen molar-refractivity contribution in [2.75, 3.05) is 21.3 Å². The number of methoxy groups -OCH3 is 3. The van der Waals surface area contributed by atoms with Crippen LogP contribution in [0.3, 0.4) is 0 Å². The minimum Gasteiger partial charge on any atom is -0.496 e. The molecule has 0 saturated carbocycles. The van der Waals surface area contributed by atoms with Gasteiger partial charge in [-0.1, -0.05) is 40.2 Å². The second-order valence-electron chi connectivity index (χ2n) is 8.25. The molecule has 0 spiro atoms. The molecule has 2 aromatic rings. The molecule has 0 saturated heterocycles. The maximum absolute atomic E-state index is 13.1. The van der Waals surface area contributed by atoms with E-state index in [1.165, 1.54) is 7.11 Å². The summed E-state index contributed by atoms with van der Waals surface area (Å²) in [5.41, 5.74) is 1.74. The largest absolute Gasteiger partial charge is 0.496 e. The number of amides is 1. The van der Waals surface area contributed by atoms with Crippen LogP contribution in [0, 0.1) is 11.8 Å². The minimum absolute atomic E-state index is 0.0500. The zero-order valence-electron chi connectivity index (χ0n) is 20.1. The third-order valence-electron chi connectivity index (χ3n) is 5.61. The Morgan fingerprint density at radius 1 is 1.09 bits per heavy atom. The summed E-state index contributed by atoms with van der Waals surface area (Å²) in [4.78, 5) is 24.9. The van der Waals surface area contributed by atoms with Crippen LogP contribution < -0.4 is 14.8 Å². The molecule has 1 heterocycles. The van der Waals surface area contributed by atoms with Gasteiger partial charge in [-0.25, -0.2) is 0 Å². The molecule has 1 aromatic heterocycles. The lowest BCUT2D eigenvalue weighted by Gasteiger charge is -2.20. The van der Waals surface area contributed by atoms with E-state index in [1.807, 2.05) is 36.7 Å². The molecular formula is C24H35N3O5. The molecular weight excluding hydrogens is 410 g/mol. The molecule has 0 radical (unpaired) electrons.